The van der Waals surface area contributed by atoms with Crippen LogP contribution in [0.4, 0.5) is 0 Å². The summed E-state index contributed by atoms with van der Waals surface area (Å²) in [4.78, 5) is 11.7. The monoisotopic (exact) mass is 285 g/mol. The van der Waals surface area contributed by atoms with Crippen molar-refractivity contribution in [3.8, 4) is 0 Å². The molecule has 0 fully saturated rings. The lowest BCUT2D eigenvalue weighted by Gasteiger charge is -2.28. The predicted octanol–water partition coefficient (Wildman–Crippen LogP) is 2.63. The molecule has 0 heterocycles. The molecule has 0 aliphatic carbocycles. The van der Waals surface area contributed by atoms with Gasteiger partial charge in [0.15, 0.2) is 0 Å². The van der Waals surface area contributed by atoms with Gasteiger partial charge in [0.05, 0.1) is 0 Å². The lowest BCUT2D eigenvalue weighted by atomic mass is 9.96. The Labute approximate surface area is 121 Å². The van der Waals surface area contributed by atoms with Crippen LogP contribution in [0.3, 0.4) is 0 Å². The van der Waals surface area contributed by atoms with E-state index in [1.165, 1.54) is 10.6 Å². The van der Waals surface area contributed by atoms with Crippen LogP contribution in [0.25, 0.3) is 0 Å². The minimum atomic E-state index is -0.572. The van der Waals surface area contributed by atoms with Crippen molar-refractivity contribution in [1.82, 2.24) is 0 Å². The predicted molar refractivity (Wildman–Crippen MR) is 86.9 cm³/mol. The minimum Gasteiger partial charge on any atom is -0.369 e. The standard InChI is InChI=1S/C17H20NOP/c1-17(2,16(18)19)13-20(14-9-5-3-6-10-14)15-11-7-4-8-12-15/h3-12H,13H2,1-2H3,(H2,18,19). The van der Waals surface area contributed by atoms with Crippen LogP contribution in [0.1, 0.15) is 13.8 Å². The van der Waals surface area contributed by atoms with Gasteiger partial charge in [0.1, 0.15) is 0 Å². The first-order valence-corrected chi connectivity index (χ1v) is 8.21. The average Bonchev–Trinajstić information content (AvgIpc) is 2.46. The number of hydrogen-bond acceptors (Lipinski definition) is 1. The molecule has 2 aromatic rings. The molecule has 2 rings (SSSR count). The largest absolute Gasteiger partial charge is 0.369 e. The maximum atomic E-state index is 11.7. The van der Waals surface area contributed by atoms with Gasteiger partial charge >= 0.3 is 0 Å². The van der Waals surface area contributed by atoms with Crippen LogP contribution < -0.4 is 16.3 Å². The third-order valence-corrected chi connectivity index (χ3v) is 6.31. The lowest BCUT2D eigenvalue weighted by molar-refractivity contribution is -0.124. The van der Waals surface area contributed by atoms with E-state index in [1.54, 1.807) is 0 Å². The van der Waals surface area contributed by atoms with Gasteiger partial charge in [-0.2, -0.15) is 0 Å². The number of amides is 1. The molecule has 2 aromatic carbocycles. The second kappa shape index (κ2) is 6.19. The highest BCUT2D eigenvalue weighted by atomic mass is 31.1. The Bertz CT molecular complexity index is 527. The maximum Gasteiger partial charge on any atom is 0.223 e. The van der Waals surface area contributed by atoms with Gasteiger partial charge < -0.3 is 5.73 Å². The molecule has 0 radical (unpaired) electrons. The molecular weight excluding hydrogens is 265 g/mol. The van der Waals surface area contributed by atoms with Crippen LogP contribution in [0, 0.1) is 5.41 Å². The van der Waals surface area contributed by atoms with Crippen LogP contribution in [0.2, 0.25) is 0 Å². The third-order valence-electron chi connectivity index (χ3n) is 3.36. The number of hydrogen-bond donors (Lipinski definition) is 1. The van der Waals surface area contributed by atoms with Crippen molar-refractivity contribution in [2.45, 2.75) is 13.8 Å². The minimum absolute atomic E-state index is 0.239. The van der Waals surface area contributed by atoms with Crippen LogP contribution in [-0.2, 0) is 4.79 Å². The molecule has 0 saturated heterocycles. The lowest BCUT2D eigenvalue weighted by Crippen LogP contribution is -2.36. The van der Waals surface area contributed by atoms with Gasteiger partial charge in [-0.15, -0.1) is 0 Å². The second-order valence-corrected chi connectivity index (χ2v) is 7.71. The molecule has 0 unspecified atom stereocenters. The Morgan fingerprint density at radius 1 is 0.950 bits per heavy atom. The van der Waals surface area contributed by atoms with Crippen molar-refractivity contribution in [2.24, 2.45) is 11.1 Å². The number of benzene rings is 2. The van der Waals surface area contributed by atoms with Gasteiger partial charge in [0, 0.05) is 5.41 Å². The molecular formula is C17H20NOP. The van der Waals surface area contributed by atoms with Gasteiger partial charge in [-0.1, -0.05) is 74.5 Å². The van der Waals surface area contributed by atoms with Crippen molar-refractivity contribution >= 4 is 24.4 Å². The molecule has 0 aliphatic heterocycles. The first kappa shape index (κ1) is 14.7. The molecule has 1 amide bonds. The van der Waals surface area contributed by atoms with Crippen molar-refractivity contribution < 1.29 is 4.79 Å². The van der Waals surface area contributed by atoms with E-state index < -0.39 is 13.3 Å². The van der Waals surface area contributed by atoms with E-state index in [4.69, 9.17) is 5.73 Å². The topological polar surface area (TPSA) is 43.1 Å². The Morgan fingerprint density at radius 3 is 1.70 bits per heavy atom. The summed E-state index contributed by atoms with van der Waals surface area (Å²) in [6.07, 6.45) is 0.770. The normalized spacial score (nSPS) is 11.6. The van der Waals surface area contributed by atoms with Crippen LogP contribution in [0.15, 0.2) is 60.7 Å². The molecule has 2 nitrogen and oxygen atoms in total. The molecule has 0 bridgehead atoms. The Kier molecular flexibility index (Phi) is 4.57. The first-order valence-electron chi connectivity index (χ1n) is 6.68. The van der Waals surface area contributed by atoms with Crippen LogP contribution in [0.5, 0.6) is 0 Å². The number of primary amides is 1. The van der Waals surface area contributed by atoms with Crippen molar-refractivity contribution in [3.05, 3.63) is 60.7 Å². The third kappa shape index (κ3) is 3.46. The van der Waals surface area contributed by atoms with E-state index in [-0.39, 0.29) is 5.91 Å². The first-order chi connectivity index (χ1) is 9.50. The van der Waals surface area contributed by atoms with E-state index in [0.29, 0.717) is 0 Å². The fraction of sp³-hybridized carbons (Fsp3) is 0.235. The fourth-order valence-corrected chi connectivity index (χ4v) is 4.69. The molecule has 2 N–H and O–H groups in total. The van der Waals surface area contributed by atoms with Gasteiger partial charge in [-0.3, -0.25) is 4.79 Å². The molecule has 0 aliphatic rings. The molecule has 0 spiro atoms. The molecule has 0 saturated carbocycles. The van der Waals surface area contributed by atoms with Crippen LogP contribution >= 0.6 is 7.92 Å². The molecule has 104 valence electrons. The Balaban J connectivity index is 2.38. The Hall–Kier alpha value is -1.66. The highest BCUT2D eigenvalue weighted by Crippen LogP contribution is 2.40. The molecule has 3 heteroatoms. The van der Waals surface area contributed by atoms with Crippen molar-refractivity contribution in [2.75, 3.05) is 6.16 Å². The second-order valence-electron chi connectivity index (χ2n) is 5.51. The average molecular weight is 285 g/mol. The number of nitrogens with two attached hydrogens (primary N) is 1. The summed E-state index contributed by atoms with van der Waals surface area (Å²) in [5.74, 6) is -0.239. The number of carbonyl (C=O) groups is 1. The van der Waals surface area contributed by atoms with E-state index in [0.717, 1.165) is 6.16 Å². The van der Waals surface area contributed by atoms with Gasteiger partial charge in [-0.05, 0) is 24.7 Å². The van der Waals surface area contributed by atoms with E-state index in [9.17, 15) is 4.79 Å². The van der Waals surface area contributed by atoms with E-state index >= 15 is 0 Å². The Morgan fingerprint density at radius 2 is 1.35 bits per heavy atom. The van der Waals surface area contributed by atoms with Gasteiger partial charge in [0.25, 0.3) is 0 Å². The van der Waals surface area contributed by atoms with E-state index in [1.807, 2.05) is 50.2 Å². The number of rotatable bonds is 5. The SMILES string of the molecule is CC(C)(CP(c1ccccc1)c1ccccc1)C(N)=O. The highest BCUT2D eigenvalue weighted by Gasteiger charge is 2.30. The van der Waals surface area contributed by atoms with Crippen LogP contribution in [-0.4, -0.2) is 12.1 Å². The van der Waals surface area contributed by atoms with Gasteiger partial charge in [-0.25, -0.2) is 0 Å². The quantitative estimate of drug-likeness (QED) is 0.843. The zero-order valence-corrected chi connectivity index (χ0v) is 12.8. The van der Waals surface area contributed by atoms with Crippen molar-refractivity contribution in [1.29, 1.82) is 0 Å². The summed E-state index contributed by atoms with van der Waals surface area (Å²) >= 11 is 0. The van der Waals surface area contributed by atoms with Crippen molar-refractivity contribution in [3.63, 3.8) is 0 Å². The highest BCUT2D eigenvalue weighted by molar-refractivity contribution is 7.73. The van der Waals surface area contributed by atoms with Gasteiger partial charge in [0.2, 0.25) is 5.91 Å². The summed E-state index contributed by atoms with van der Waals surface area (Å²) in [6.45, 7) is 3.85. The molecule has 20 heavy (non-hydrogen) atoms. The smallest absolute Gasteiger partial charge is 0.223 e. The number of carbonyl (C=O) groups excluding carboxylic acids is 1. The zero-order chi connectivity index (χ0) is 14.6. The zero-order valence-electron chi connectivity index (χ0n) is 11.9. The summed E-state index contributed by atoms with van der Waals surface area (Å²) in [7, 11) is -0.572. The summed E-state index contributed by atoms with van der Waals surface area (Å²) in [6, 6.07) is 20.8. The van der Waals surface area contributed by atoms with E-state index in [2.05, 4.69) is 24.3 Å². The fourth-order valence-electron chi connectivity index (χ4n) is 2.02. The molecule has 0 aromatic heterocycles. The summed E-state index contributed by atoms with van der Waals surface area (Å²) in [5, 5.41) is 2.56. The summed E-state index contributed by atoms with van der Waals surface area (Å²) < 4.78 is 0. The molecule has 0 atom stereocenters. The summed E-state index contributed by atoms with van der Waals surface area (Å²) in [5.41, 5.74) is 5.04. The maximum absolute atomic E-state index is 11.7.